The maximum absolute atomic E-state index is 11.1. The van der Waals surface area contributed by atoms with Gasteiger partial charge in [0, 0.05) is 18.8 Å². The molecule has 0 saturated carbocycles. The molecule has 2 rings (SSSR count). The molecule has 0 saturated heterocycles. The van der Waals surface area contributed by atoms with Crippen LogP contribution in [0.4, 0.5) is 0 Å². The van der Waals surface area contributed by atoms with E-state index < -0.39 is 0 Å². The van der Waals surface area contributed by atoms with E-state index in [0.717, 1.165) is 4.73 Å². The summed E-state index contributed by atoms with van der Waals surface area (Å²) in [6.07, 6.45) is 6.20. The second-order valence-electron chi connectivity index (χ2n) is 3.98. The lowest BCUT2D eigenvalue weighted by molar-refractivity contribution is -0.115. The Morgan fingerprint density at radius 3 is 2.75 bits per heavy atom. The first-order valence-corrected chi connectivity index (χ1v) is 5.80. The first-order chi connectivity index (χ1) is 9.56. The zero-order valence-electron chi connectivity index (χ0n) is 10.8. The third-order valence-corrected chi connectivity index (χ3v) is 2.36. The van der Waals surface area contributed by atoms with Crippen LogP contribution in [0.3, 0.4) is 0 Å². The zero-order chi connectivity index (χ0) is 14.5. The molecule has 0 unspecified atom stereocenters. The van der Waals surface area contributed by atoms with Crippen LogP contribution in [0.1, 0.15) is 6.92 Å². The Bertz CT molecular complexity index is 722. The highest BCUT2D eigenvalue weighted by atomic mass is 16.5. The summed E-state index contributed by atoms with van der Waals surface area (Å²) in [6.45, 7) is 1.34. The van der Waals surface area contributed by atoms with Crippen LogP contribution in [0.15, 0.2) is 63.5 Å². The van der Waals surface area contributed by atoms with Gasteiger partial charge in [-0.15, -0.1) is 10.2 Å². The molecule has 0 radical (unpaired) electrons. The summed E-state index contributed by atoms with van der Waals surface area (Å²) in [4.78, 5) is 14.9. The average molecular weight is 271 g/mol. The van der Waals surface area contributed by atoms with Crippen LogP contribution >= 0.6 is 0 Å². The van der Waals surface area contributed by atoms with E-state index in [2.05, 4.69) is 15.2 Å². The molecular weight excluding hydrogens is 258 g/mol. The van der Waals surface area contributed by atoms with Gasteiger partial charge in [0.15, 0.2) is 5.49 Å². The van der Waals surface area contributed by atoms with Gasteiger partial charge in [0.25, 0.3) is 0 Å². The number of pyridine rings is 1. The number of allylic oxidation sites excluding steroid dienone is 3. The van der Waals surface area contributed by atoms with Crippen molar-refractivity contribution in [2.45, 2.75) is 6.92 Å². The van der Waals surface area contributed by atoms with Crippen molar-refractivity contribution in [3.8, 4) is 0 Å². The van der Waals surface area contributed by atoms with Crippen molar-refractivity contribution in [1.29, 1.82) is 0 Å². The highest BCUT2D eigenvalue weighted by Crippen LogP contribution is 2.03. The van der Waals surface area contributed by atoms with Crippen molar-refractivity contribution in [3.05, 3.63) is 53.8 Å². The maximum Gasteiger partial charge on any atom is 0.243 e. The molecule has 7 heteroatoms. The number of nitrogens with two attached hydrogens (primary N) is 1. The van der Waals surface area contributed by atoms with Crippen LogP contribution in [0, 0.1) is 0 Å². The Morgan fingerprint density at radius 1 is 1.25 bits per heavy atom. The average Bonchev–Trinajstić information content (AvgIpc) is 2.39. The molecule has 0 atom stereocenters. The normalized spacial score (nSPS) is 19.4. The molecule has 7 nitrogen and oxygen atoms in total. The van der Waals surface area contributed by atoms with Crippen LogP contribution in [0.2, 0.25) is 0 Å². The molecule has 0 spiro atoms. The first kappa shape index (κ1) is 13.5. The van der Waals surface area contributed by atoms with Crippen molar-refractivity contribution in [2.75, 3.05) is 0 Å². The molecule has 1 aliphatic rings. The summed E-state index contributed by atoms with van der Waals surface area (Å²) < 4.78 is 0.836. The summed E-state index contributed by atoms with van der Waals surface area (Å²) in [6, 6.07) is 4.95. The monoisotopic (exact) mass is 271 g/mol. The number of hydrogen-bond acceptors (Lipinski definition) is 5. The standard InChI is InChI=1S/C13H13N5O2/c1-9(19)15-12-8-10(14)5-6-11(12)16-17-13-4-2-3-7-18(13)20/h2-8,20H,14H2,1H3. The van der Waals surface area contributed by atoms with E-state index in [-0.39, 0.29) is 11.4 Å². The molecule has 102 valence electrons. The third-order valence-electron chi connectivity index (χ3n) is 2.36. The van der Waals surface area contributed by atoms with Gasteiger partial charge in [0.05, 0.1) is 5.71 Å². The van der Waals surface area contributed by atoms with E-state index in [1.807, 2.05) is 0 Å². The summed E-state index contributed by atoms with van der Waals surface area (Å²) in [5, 5.41) is 17.4. The minimum atomic E-state index is -0.357. The summed E-state index contributed by atoms with van der Waals surface area (Å²) >= 11 is 0. The SMILES string of the molecule is CC(=O)N=C1C=C(N)C=CC1=NN=c1ccccn1O. The summed E-state index contributed by atoms with van der Waals surface area (Å²) in [7, 11) is 0. The molecular formula is C13H13N5O2. The van der Waals surface area contributed by atoms with E-state index in [0.29, 0.717) is 17.1 Å². The number of amides is 1. The molecule has 3 N–H and O–H groups in total. The van der Waals surface area contributed by atoms with Gasteiger partial charge in [-0.05, 0) is 30.4 Å². The van der Waals surface area contributed by atoms with E-state index in [1.165, 1.54) is 19.2 Å². The van der Waals surface area contributed by atoms with Crippen molar-refractivity contribution in [2.24, 2.45) is 20.9 Å². The van der Waals surface area contributed by atoms with Crippen molar-refractivity contribution in [3.63, 3.8) is 0 Å². The van der Waals surface area contributed by atoms with E-state index in [9.17, 15) is 10.0 Å². The molecule has 1 heterocycles. The minimum absolute atomic E-state index is 0.248. The number of hydrogen-bond donors (Lipinski definition) is 2. The van der Waals surface area contributed by atoms with Gasteiger partial charge in [-0.25, -0.2) is 4.99 Å². The minimum Gasteiger partial charge on any atom is -0.427 e. The number of aliphatic imine (C=N–C) groups is 1. The van der Waals surface area contributed by atoms with E-state index >= 15 is 0 Å². The van der Waals surface area contributed by atoms with Crippen molar-refractivity contribution < 1.29 is 10.0 Å². The fourth-order valence-corrected chi connectivity index (χ4v) is 1.49. The van der Waals surface area contributed by atoms with Gasteiger partial charge in [0.2, 0.25) is 5.91 Å². The van der Waals surface area contributed by atoms with Gasteiger partial charge >= 0.3 is 0 Å². The molecule has 0 fully saturated rings. The predicted molar refractivity (Wildman–Crippen MR) is 74.1 cm³/mol. The highest BCUT2D eigenvalue weighted by Gasteiger charge is 2.09. The third kappa shape index (κ3) is 3.29. The maximum atomic E-state index is 11.1. The van der Waals surface area contributed by atoms with Crippen LogP contribution < -0.4 is 11.2 Å². The number of aromatic nitrogens is 1. The lowest BCUT2D eigenvalue weighted by atomic mass is 10.1. The van der Waals surface area contributed by atoms with Crippen LogP contribution in [0.5, 0.6) is 0 Å². The Morgan fingerprint density at radius 2 is 2.05 bits per heavy atom. The smallest absolute Gasteiger partial charge is 0.243 e. The first-order valence-electron chi connectivity index (χ1n) is 5.80. The fourth-order valence-electron chi connectivity index (χ4n) is 1.49. The van der Waals surface area contributed by atoms with Gasteiger partial charge in [-0.1, -0.05) is 6.07 Å². The topological polar surface area (TPSA) is 105 Å². The van der Waals surface area contributed by atoms with Crippen molar-refractivity contribution >= 4 is 17.3 Å². The van der Waals surface area contributed by atoms with Crippen LogP contribution in [0.25, 0.3) is 0 Å². The molecule has 1 amide bonds. The molecule has 0 bridgehead atoms. The molecule has 1 aromatic rings. The molecule has 0 aliphatic heterocycles. The van der Waals surface area contributed by atoms with Crippen LogP contribution in [-0.4, -0.2) is 27.3 Å². The summed E-state index contributed by atoms with van der Waals surface area (Å²) in [5.74, 6) is -0.357. The zero-order valence-corrected chi connectivity index (χ0v) is 10.8. The second-order valence-corrected chi connectivity index (χ2v) is 3.98. The van der Waals surface area contributed by atoms with Gasteiger partial charge in [-0.2, -0.15) is 4.73 Å². The number of nitrogens with zero attached hydrogens (tertiary/aromatic N) is 4. The quantitative estimate of drug-likeness (QED) is 0.438. The molecule has 1 aromatic heterocycles. The van der Waals surface area contributed by atoms with E-state index in [1.54, 1.807) is 30.4 Å². The molecule has 0 aromatic carbocycles. The van der Waals surface area contributed by atoms with Gasteiger partial charge in [0.1, 0.15) is 5.71 Å². The Kier molecular flexibility index (Phi) is 3.90. The predicted octanol–water partition coefficient (Wildman–Crippen LogP) is 0.382. The number of rotatable bonds is 1. The van der Waals surface area contributed by atoms with E-state index in [4.69, 9.17) is 5.73 Å². The Labute approximate surface area is 114 Å². The lowest BCUT2D eigenvalue weighted by Crippen LogP contribution is -2.19. The highest BCUT2D eigenvalue weighted by molar-refractivity contribution is 6.52. The van der Waals surface area contributed by atoms with Gasteiger partial charge < -0.3 is 10.9 Å². The fraction of sp³-hybridized carbons (Fsp3) is 0.0769. The number of carbonyl (C=O) groups is 1. The molecule has 20 heavy (non-hydrogen) atoms. The largest absolute Gasteiger partial charge is 0.427 e. The van der Waals surface area contributed by atoms with Crippen molar-refractivity contribution in [1.82, 2.24) is 4.73 Å². The van der Waals surface area contributed by atoms with Crippen LogP contribution in [-0.2, 0) is 4.79 Å². The summed E-state index contributed by atoms with van der Waals surface area (Å²) in [5.41, 5.74) is 7.09. The Balaban J connectivity index is 2.44. The Hall–Kier alpha value is -2.96. The molecule has 1 aliphatic carbocycles. The van der Waals surface area contributed by atoms with Gasteiger partial charge in [-0.3, -0.25) is 4.79 Å². The lowest BCUT2D eigenvalue weighted by Gasteiger charge is -2.05. The number of carbonyl (C=O) groups excluding carboxylic acids is 1. The second kappa shape index (κ2) is 5.79.